The van der Waals surface area contributed by atoms with E-state index in [1.54, 1.807) is 0 Å². The number of furan rings is 1. The van der Waals surface area contributed by atoms with E-state index >= 15 is 0 Å². The molecule has 2 heterocycles. The molecule has 11 rings (SSSR count). The molecule has 0 fully saturated rings. The first-order chi connectivity index (χ1) is 27.7. The third kappa shape index (κ3) is 5.42. The standard InChI is InChI=1S/C54H35NO/c1-4-14-36(15-5-1)38-18-12-19-39(30-38)42-31-43(41-26-28-52-49(34-41)47-22-10-11-25-51(47)55(52)45-20-8-3-9-21-45)33-44(32-42)46-23-13-24-48-50-35-40(37-16-6-2-7-17-37)27-29-53(50)56-54(46)48/h1-35H. The molecular formula is C54H35NO. The minimum atomic E-state index is 0.888. The van der Waals surface area contributed by atoms with E-state index in [4.69, 9.17) is 4.42 Å². The first kappa shape index (κ1) is 32.0. The number of para-hydroxylation sites is 3. The zero-order valence-electron chi connectivity index (χ0n) is 30.6. The zero-order valence-corrected chi connectivity index (χ0v) is 30.6. The fourth-order valence-electron chi connectivity index (χ4n) is 8.47. The average molecular weight is 714 g/mol. The summed E-state index contributed by atoms with van der Waals surface area (Å²) in [7, 11) is 0. The molecule has 2 aromatic heterocycles. The van der Waals surface area contributed by atoms with Crippen molar-refractivity contribution < 1.29 is 4.42 Å². The fraction of sp³-hybridized carbons (Fsp3) is 0. The van der Waals surface area contributed by atoms with E-state index < -0.39 is 0 Å². The van der Waals surface area contributed by atoms with E-state index in [2.05, 4.69) is 217 Å². The highest BCUT2D eigenvalue weighted by Crippen LogP contribution is 2.42. The third-order valence-electron chi connectivity index (χ3n) is 11.2. The maximum Gasteiger partial charge on any atom is 0.143 e. The molecule has 56 heavy (non-hydrogen) atoms. The van der Waals surface area contributed by atoms with Crippen LogP contribution >= 0.6 is 0 Å². The molecule has 11 aromatic rings. The highest BCUT2D eigenvalue weighted by atomic mass is 16.3. The molecule has 0 N–H and O–H groups in total. The van der Waals surface area contributed by atoms with Gasteiger partial charge in [0, 0.05) is 32.8 Å². The summed E-state index contributed by atoms with van der Waals surface area (Å²) in [6.45, 7) is 0. The fourth-order valence-corrected chi connectivity index (χ4v) is 8.47. The van der Waals surface area contributed by atoms with E-state index in [1.165, 1.54) is 55.2 Å². The normalized spacial score (nSPS) is 11.6. The lowest BCUT2D eigenvalue weighted by molar-refractivity contribution is 0.670. The van der Waals surface area contributed by atoms with Crippen molar-refractivity contribution in [3.63, 3.8) is 0 Å². The molecule has 262 valence electrons. The molecule has 0 spiro atoms. The lowest BCUT2D eigenvalue weighted by atomic mass is 9.91. The van der Waals surface area contributed by atoms with Gasteiger partial charge in [-0.2, -0.15) is 0 Å². The SMILES string of the molecule is c1ccc(-c2cccc(-c3cc(-c4ccc5c(c4)c4ccccc4n5-c4ccccc4)cc(-c4cccc5c4oc4ccc(-c6ccccc6)cc45)c3)c2)cc1. The molecule has 0 aliphatic carbocycles. The van der Waals surface area contributed by atoms with Crippen LogP contribution in [0.5, 0.6) is 0 Å². The van der Waals surface area contributed by atoms with Gasteiger partial charge < -0.3 is 8.98 Å². The lowest BCUT2D eigenvalue weighted by Crippen LogP contribution is -1.93. The molecule has 0 atom stereocenters. The Balaban J connectivity index is 1.12. The van der Waals surface area contributed by atoms with Gasteiger partial charge in [0.25, 0.3) is 0 Å². The highest BCUT2D eigenvalue weighted by molar-refractivity contribution is 6.12. The van der Waals surface area contributed by atoms with Gasteiger partial charge in [-0.1, -0.05) is 146 Å². The summed E-state index contributed by atoms with van der Waals surface area (Å²) < 4.78 is 9.12. The monoisotopic (exact) mass is 713 g/mol. The summed E-state index contributed by atoms with van der Waals surface area (Å²) in [4.78, 5) is 0. The summed E-state index contributed by atoms with van der Waals surface area (Å²) in [6, 6.07) is 76.4. The van der Waals surface area contributed by atoms with Gasteiger partial charge in [0.1, 0.15) is 11.2 Å². The minimum Gasteiger partial charge on any atom is -0.455 e. The molecule has 0 saturated carbocycles. The minimum absolute atomic E-state index is 0.888. The Morgan fingerprint density at radius 1 is 0.286 bits per heavy atom. The molecule has 2 heteroatoms. The topological polar surface area (TPSA) is 18.1 Å². The third-order valence-corrected chi connectivity index (χ3v) is 11.2. The molecule has 0 aliphatic rings. The Morgan fingerprint density at radius 2 is 0.786 bits per heavy atom. The van der Waals surface area contributed by atoms with Crippen LogP contribution in [0.25, 0.3) is 105 Å². The maximum atomic E-state index is 6.74. The number of fused-ring (bicyclic) bond motifs is 6. The van der Waals surface area contributed by atoms with E-state index in [0.717, 1.165) is 49.9 Å². The van der Waals surface area contributed by atoms with Crippen molar-refractivity contribution in [3.05, 3.63) is 212 Å². The van der Waals surface area contributed by atoms with Crippen LogP contribution in [-0.2, 0) is 0 Å². The molecular weight excluding hydrogens is 679 g/mol. The number of aromatic nitrogens is 1. The second-order valence-corrected chi connectivity index (χ2v) is 14.5. The lowest BCUT2D eigenvalue weighted by Gasteiger charge is -2.13. The first-order valence-electron chi connectivity index (χ1n) is 19.2. The van der Waals surface area contributed by atoms with Crippen molar-refractivity contribution in [2.75, 3.05) is 0 Å². The van der Waals surface area contributed by atoms with Crippen LogP contribution in [0.2, 0.25) is 0 Å². The van der Waals surface area contributed by atoms with Gasteiger partial charge >= 0.3 is 0 Å². The van der Waals surface area contributed by atoms with Crippen molar-refractivity contribution in [1.29, 1.82) is 0 Å². The number of benzene rings is 9. The van der Waals surface area contributed by atoms with Gasteiger partial charge in [0.15, 0.2) is 0 Å². The van der Waals surface area contributed by atoms with E-state index in [0.29, 0.717) is 0 Å². The molecule has 9 aromatic carbocycles. The summed E-state index contributed by atoms with van der Waals surface area (Å²) in [6.07, 6.45) is 0. The zero-order chi connectivity index (χ0) is 37.0. The van der Waals surface area contributed by atoms with Crippen molar-refractivity contribution in [2.45, 2.75) is 0 Å². The Morgan fingerprint density at radius 3 is 1.54 bits per heavy atom. The van der Waals surface area contributed by atoms with Crippen LogP contribution in [0, 0.1) is 0 Å². The summed E-state index contributed by atoms with van der Waals surface area (Å²) in [5.41, 5.74) is 16.9. The molecule has 0 saturated heterocycles. The van der Waals surface area contributed by atoms with Crippen LogP contribution in [0.3, 0.4) is 0 Å². The average Bonchev–Trinajstić information content (AvgIpc) is 3.82. The smallest absolute Gasteiger partial charge is 0.143 e. The Kier molecular flexibility index (Phi) is 7.53. The van der Waals surface area contributed by atoms with Gasteiger partial charge in [0.2, 0.25) is 0 Å². The molecule has 0 aliphatic heterocycles. The molecule has 0 bridgehead atoms. The second-order valence-electron chi connectivity index (χ2n) is 14.5. The summed E-state index contributed by atoms with van der Waals surface area (Å²) in [5, 5.41) is 4.70. The van der Waals surface area contributed by atoms with Gasteiger partial charge in [-0.25, -0.2) is 0 Å². The predicted molar refractivity (Wildman–Crippen MR) is 235 cm³/mol. The van der Waals surface area contributed by atoms with Gasteiger partial charge in [-0.15, -0.1) is 0 Å². The van der Waals surface area contributed by atoms with Crippen LogP contribution in [0.4, 0.5) is 0 Å². The summed E-state index contributed by atoms with van der Waals surface area (Å²) in [5.74, 6) is 0. The van der Waals surface area contributed by atoms with Crippen LogP contribution in [-0.4, -0.2) is 4.57 Å². The number of nitrogens with zero attached hydrogens (tertiary/aromatic N) is 1. The quantitative estimate of drug-likeness (QED) is 0.168. The second kappa shape index (κ2) is 13.2. The number of rotatable bonds is 6. The summed E-state index contributed by atoms with van der Waals surface area (Å²) >= 11 is 0. The highest BCUT2D eigenvalue weighted by Gasteiger charge is 2.17. The molecule has 0 unspecified atom stereocenters. The molecule has 0 radical (unpaired) electrons. The Labute approximate surface area is 325 Å². The van der Waals surface area contributed by atoms with Gasteiger partial charge in [0.05, 0.1) is 11.0 Å². The van der Waals surface area contributed by atoms with Crippen LogP contribution < -0.4 is 0 Å². The van der Waals surface area contributed by atoms with Crippen molar-refractivity contribution in [1.82, 2.24) is 4.57 Å². The first-order valence-corrected chi connectivity index (χ1v) is 19.2. The maximum absolute atomic E-state index is 6.74. The van der Waals surface area contributed by atoms with Crippen LogP contribution in [0.1, 0.15) is 0 Å². The van der Waals surface area contributed by atoms with Crippen molar-refractivity contribution in [3.8, 4) is 61.3 Å². The Hall–Kier alpha value is -7.42. The van der Waals surface area contributed by atoms with Gasteiger partial charge in [-0.05, 0) is 117 Å². The largest absolute Gasteiger partial charge is 0.455 e. The van der Waals surface area contributed by atoms with E-state index in [1.807, 2.05) is 0 Å². The molecule has 2 nitrogen and oxygen atoms in total. The Bertz CT molecular complexity index is 3230. The number of hydrogen-bond donors (Lipinski definition) is 0. The van der Waals surface area contributed by atoms with Gasteiger partial charge in [-0.3, -0.25) is 0 Å². The van der Waals surface area contributed by atoms with Crippen molar-refractivity contribution >= 4 is 43.7 Å². The van der Waals surface area contributed by atoms with Crippen molar-refractivity contribution in [2.24, 2.45) is 0 Å². The van der Waals surface area contributed by atoms with Crippen LogP contribution in [0.15, 0.2) is 217 Å². The predicted octanol–water partition coefficient (Wildman–Crippen LogP) is 15.0. The van der Waals surface area contributed by atoms with E-state index in [9.17, 15) is 0 Å². The number of hydrogen-bond acceptors (Lipinski definition) is 1. The molecule has 0 amide bonds. The van der Waals surface area contributed by atoms with E-state index in [-0.39, 0.29) is 0 Å².